The van der Waals surface area contributed by atoms with E-state index in [9.17, 15) is 18.0 Å². The van der Waals surface area contributed by atoms with Gasteiger partial charge in [0.1, 0.15) is 5.65 Å². The van der Waals surface area contributed by atoms with E-state index >= 15 is 0 Å². The highest BCUT2D eigenvalue weighted by molar-refractivity contribution is 5.87. The normalized spacial score (nSPS) is 11.8. The van der Waals surface area contributed by atoms with E-state index in [1.807, 2.05) is 0 Å². The van der Waals surface area contributed by atoms with E-state index in [0.29, 0.717) is 0 Å². The first-order valence-electron chi connectivity index (χ1n) is 5.15. The van der Waals surface area contributed by atoms with Crippen LogP contribution in [0.3, 0.4) is 0 Å². The third-order valence-electron chi connectivity index (χ3n) is 2.27. The molecule has 0 saturated carbocycles. The number of hydrogen-bond donors (Lipinski definition) is 0. The summed E-state index contributed by atoms with van der Waals surface area (Å²) < 4.78 is 43.5. The molecule has 0 aliphatic carbocycles. The number of aromatic nitrogens is 2. The fourth-order valence-electron chi connectivity index (χ4n) is 1.46. The van der Waals surface area contributed by atoms with Gasteiger partial charge in [0.15, 0.2) is 5.69 Å². The molecule has 0 unspecified atom stereocenters. The minimum absolute atomic E-state index is 0.0174. The number of esters is 1. The third-order valence-corrected chi connectivity index (χ3v) is 2.27. The van der Waals surface area contributed by atoms with Gasteiger partial charge in [-0.25, -0.2) is 9.78 Å². The molecule has 0 saturated heterocycles. The van der Waals surface area contributed by atoms with Crippen LogP contribution in [-0.2, 0) is 10.9 Å². The molecule has 4 nitrogen and oxygen atoms in total. The second kappa shape index (κ2) is 4.32. The highest BCUT2D eigenvalue weighted by atomic mass is 19.4. The summed E-state index contributed by atoms with van der Waals surface area (Å²) in [5.41, 5.74) is -0.778. The molecule has 0 bridgehead atoms. The molecule has 0 spiro atoms. The summed E-state index contributed by atoms with van der Waals surface area (Å²) in [4.78, 5) is 15.2. The molecule has 0 amide bonds. The number of carbonyl (C=O) groups excluding carboxylic acids is 1. The van der Waals surface area contributed by atoms with Gasteiger partial charge in [0.05, 0.1) is 12.2 Å². The summed E-state index contributed by atoms with van der Waals surface area (Å²) in [6.07, 6.45) is -1.90. The Balaban J connectivity index is 2.43. The number of rotatable bonds is 2. The van der Waals surface area contributed by atoms with Crippen LogP contribution in [-0.4, -0.2) is 22.0 Å². The summed E-state index contributed by atoms with van der Waals surface area (Å²) in [6.45, 7) is 1.82. The highest BCUT2D eigenvalue weighted by Crippen LogP contribution is 2.29. The topological polar surface area (TPSA) is 43.6 Å². The minimum Gasteiger partial charge on any atom is -0.461 e. The van der Waals surface area contributed by atoms with Crippen molar-refractivity contribution in [3.63, 3.8) is 0 Å². The van der Waals surface area contributed by atoms with Gasteiger partial charge in [-0.2, -0.15) is 13.2 Å². The number of nitrogens with zero attached hydrogens (tertiary/aromatic N) is 2. The van der Waals surface area contributed by atoms with Crippen molar-refractivity contribution in [2.24, 2.45) is 0 Å². The first-order valence-corrected chi connectivity index (χ1v) is 5.15. The Hall–Kier alpha value is -2.05. The van der Waals surface area contributed by atoms with Crippen LogP contribution < -0.4 is 0 Å². The number of fused-ring (bicyclic) bond motifs is 1. The number of carbonyl (C=O) groups is 1. The summed E-state index contributed by atoms with van der Waals surface area (Å²) in [7, 11) is 0. The van der Waals surface area contributed by atoms with Crippen molar-refractivity contribution < 1.29 is 22.7 Å². The molecule has 2 aromatic rings. The Morgan fingerprint density at radius 1 is 1.50 bits per heavy atom. The first kappa shape index (κ1) is 12.4. The molecule has 2 aromatic heterocycles. The number of ether oxygens (including phenoxy) is 1. The predicted octanol–water partition coefficient (Wildman–Crippen LogP) is 2.53. The molecule has 0 fully saturated rings. The van der Waals surface area contributed by atoms with Crippen LogP contribution in [0.2, 0.25) is 0 Å². The zero-order valence-electron chi connectivity index (χ0n) is 9.36. The molecule has 2 rings (SSSR count). The number of pyridine rings is 1. The zero-order valence-corrected chi connectivity index (χ0v) is 9.36. The minimum atomic E-state index is -4.43. The Morgan fingerprint density at radius 3 is 2.83 bits per heavy atom. The Kier molecular flexibility index (Phi) is 2.98. The summed E-state index contributed by atoms with van der Waals surface area (Å²) in [5.74, 6) is -0.658. The summed E-state index contributed by atoms with van der Waals surface area (Å²) in [6, 6.07) is 1.80. The Labute approximate surface area is 100 Å². The lowest BCUT2D eigenvalue weighted by Gasteiger charge is -2.05. The van der Waals surface area contributed by atoms with Gasteiger partial charge in [-0.1, -0.05) is 0 Å². The summed E-state index contributed by atoms with van der Waals surface area (Å²) >= 11 is 0. The zero-order chi connectivity index (χ0) is 13.3. The van der Waals surface area contributed by atoms with E-state index in [-0.39, 0.29) is 17.9 Å². The molecular formula is C11H9F3N2O2. The first-order chi connectivity index (χ1) is 8.41. The molecule has 0 aliphatic heterocycles. The fourth-order valence-corrected chi connectivity index (χ4v) is 1.46. The van der Waals surface area contributed by atoms with Crippen molar-refractivity contribution >= 4 is 11.6 Å². The predicted molar refractivity (Wildman–Crippen MR) is 56.2 cm³/mol. The number of imidazole rings is 1. The Morgan fingerprint density at radius 2 is 2.22 bits per heavy atom. The maximum Gasteiger partial charge on any atom is 0.416 e. The summed E-state index contributed by atoms with van der Waals surface area (Å²) in [5, 5.41) is 0. The van der Waals surface area contributed by atoms with Crippen LogP contribution in [0, 0.1) is 0 Å². The molecule has 0 radical (unpaired) electrons. The monoisotopic (exact) mass is 258 g/mol. The van der Waals surface area contributed by atoms with Gasteiger partial charge in [0.2, 0.25) is 0 Å². The fraction of sp³-hybridized carbons (Fsp3) is 0.273. The van der Waals surface area contributed by atoms with Gasteiger partial charge in [0, 0.05) is 12.4 Å². The molecule has 0 atom stereocenters. The van der Waals surface area contributed by atoms with Gasteiger partial charge >= 0.3 is 12.1 Å². The van der Waals surface area contributed by atoms with Gasteiger partial charge in [-0.05, 0) is 19.1 Å². The van der Waals surface area contributed by atoms with Crippen molar-refractivity contribution in [3.05, 3.63) is 35.8 Å². The van der Waals surface area contributed by atoms with E-state index < -0.39 is 17.7 Å². The average Bonchev–Trinajstić information content (AvgIpc) is 2.70. The van der Waals surface area contributed by atoms with Crippen LogP contribution >= 0.6 is 0 Å². The van der Waals surface area contributed by atoms with Crippen molar-refractivity contribution in [1.29, 1.82) is 0 Å². The molecule has 2 heterocycles. The molecule has 96 valence electrons. The van der Waals surface area contributed by atoms with E-state index in [0.717, 1.165) is 12.1 Å². The van der Waals surface area contributed by atoms with Crippen LogP contribution in [0.4, 0.5) is 13.2 Å². The Bertz CT molecular complexity index is 589. The molecule has 0 aromatic carbocycles. The molecule has 18 heavy (non-hydrogen) atoms. The van der Waals surface area contributed by atoms with Crippen LogP contribution in [0.1, 0.15) is 23.0 Å². The number of hydrogen-bond acceptors (Lipinski definition) is 3. The van der Waals surface area contributed by atoms with Crippen molar-refractivity contribution in [1.82, 2.24) is 9.38 Å². The van der Waals surface area contributed by atoms with E-state index in [1.165, 1.54) is 16.8 Å². The lowest BCUT2D eigenvalue weighted by molar-refractivity contribution is -0.137. The van der Waals surface area contributed by atoms with E-state index in [2.05, 4.69) is 4.98 Å². The average molecular weight is 258 g/mol. The van der Waals surface area contributed by atoms with Crippen molar-refractivity contribution in [3.8, 4) is 0 Å². The second-order valence-corrected chi connectivity index (χ2v) is 3.53. The van der Waals surface area contributed by atoms with Gasteiger partial charge < -0.3 is 9.14 Å². The molecule has 0 N–H and O–H groups in total. The lowest BCUT2D eigenvalue weighted by atomic mass is 10.2. The van der Waals surface area contributed by atoms with Crippen molar-refractivity contribution in [2.45, 2.75) is 13.1 Å². The SMILES string of the molecule is CCOC(=O)c1cn2ccc(C(F)(F)F)cc2n1. The highest BCUT2D eigenvalue weighted by Gasteiger charge is 2.30. The van der Waals surface area contributed by atoms with Crippen LogP contribution in [0.25, 0.3) is 5.65 Å². The maximum atomic E-state index is 12.5. The van der Waals surface area contributed by atoms with Gasteiger partial charge in [-0.15, -0.1) is 0 Å². The number of halogens is 3. The standard InChI is InChI=1S/C11H9F3N2O2/c1-2-18-10(17)8-6-16-4-3-7(11(12,13)14)5-9(16)15-8/h3-6H,2H2,1H3. The smallest absolute Gasteiger partial charge is 0.416 e. The van der Waals surface area contributed by atoms with Crippen LogP contribution in [0.5, 0.6) is 0 Å². The van der Waals surface area contributed by atoms with Crippen LogP contribution in [0.15, 0.2) is 24.5 Å². The molecular weight excluding hydrogens is 249 g/mol. The number of alkyl halides is 3. The van der Waals surface area contributed by atoms with E-state index in [1.54, 1.807) is 6.92 Å². The quantitative estimate of drug-likeness (QED) is 0.777. The van der Waals surface area contributed by atoms with E-state index in [4.69, 9.17) is 4.74 Å². The molecule has 0 aliphatic rings. The molecule has 7 heteroatoms. The van der Waals surface area contributed by atoms with Gasteiger partial charge in [0.25, 0.3) is 0 Å². The lowest BCUT2D eigenvalue weighted by Crippen LogP contribution is -2.05. The second-order valence-electron chi connectivity index (χ2n) is 3.53. The van der Waals surface area contributed by atoms with Gasteiger partial charge in [-0.3, -0.25) is 0 Å². The van der Waals surface area contributed by atoms with Crippen molar-refractivity contribution in [2.75, 3.05) is 6.61 Å². The largest absolute Gasteiger partial charge is 0.461 e. The third kappa shape index (κ3) is 2.29. The maximum absolute atomic E-state index is 12.5.